The van der Waals surface area contributed by atoms with Gasteiger partial charge in [0.25, 0.3) is 0 Å². The van der Waals surface area contributed by atoms with E-state index in [1.165, 1.54) is 0 Å². The van der Waals surface area contributed by atoms with E-state index in [4.69, 9.17) is 0 Å². The van der Waals surface area contributed by atoms with E-state index in [9.17, 15) is 8.42 Å². The molecule has 0 aliphatic rings. The molecule has 0 aromatic carbocycles. The molecule has 0 aliphatic heterocycles. The highest BCUT2D eigenvalue weighted by atomic mass is 32.2. The van der Waals surface area contributed by atoms with Crippen LogP contribution in [0.1, 0.15) is 13.3 Å². The van der Waals surface area contributed by atoms with Gasteiger partial charge in [-0.15, -0.1) is 10.2 Å². The molecule has 2 N–H and O–H groups in total. The predicted octanol–water partition coefficient (Wildman–Crippen LogP) is 1.01. The van der Waals surface area contributed by atoms with Crippen LogP contribution in [0.2, 0.25) is 0 Å². The molecular weight excluding hydrogens is 290 g/mol. The zero-order chi connectivity index (χ0) is 15.1. The monoisotopic (exact) mass is 309 g/mol. The van der Waals surface area contributed by atoms with Gasteiger partial charge in [0.2, 0.25) is 10.0 Å². The number of aromatic nitrogens is 3. The Morgan fingerprint density at radius 3 is 2.52 bits per heavy atom. The molecule has 2 aromatic rings. The lowest BCUT2D eigenvalue weighted by atomic mass is 10.5. The van der Waals surface area contributed by atoms with Crippen molar-refractivity contribution in [1.29, 1.82) is 0 Å². The molecule has 8 heteroatoms. The van der Waals surface area contributed by atoms with Crippen molar-refractivity contribution in [1.82, 2.24) is 19.5 Å². The summed E-state index contributed by atoms with van der Waals surface area (Å²) in [7, 11) is -3.15. The molecule has 0 saturated heterocycles. The van der Waals surface area contributed by atoms with Gasteiger partial charge >= 0.3 is 0 Å². The molecule has 0 spiro atoms. The average Bonchev–Trinajstić information content (AvgIpc) is 2.98. The maximum Gasteiger partial charge on any atom is 0.211 e. The summed E-state index contributed by atoms with van der Waals surface area (Å²) in [4.78, 5) is 0. The van der Waals surface area contributed by atoms with E-state index in [1.54, 1.807) is 0 Å². The average molecular weight is 309 g/mol. The minimum atomic E-state index is -3.15. The Morgan fingerprint density at radius 1 is 1.14 bits per heavy atom. The van der Waals surface area contributed by atoms with Crippen molar-refractivity contribution >= 4 is 15.8 Å². The van der Waals surface area contributed by atoms with Crippen molar-refractivity contribution in [3.8, 4) is 5.82 Å². The van der Waals surface area contributed by atoms with Crippen LogP contribution in [0.5, 0.6) is 0 Å². The lowest BCUT2D eigenvalue weighted by Crippen LogP contribution is -2.30. The summed E-state index contributed by atoms with van der Waals surface area (Å²) in [5, 5.41) is 11.2. The minimum absolute atomic E-state index is 0.151. The highest BCUT2D eigenvalue weighted by molar-refractivity contribution is 7.89. The molecular formula is C13H19N5O2S. The van der Waals surface area contributed by atoms with Crippen molar-refractivity contribution in [2.24, 2.45) is 0 Å². The molecule has 0 fully saturated rings. The summed E-state index contributed by atoms with van der Waals surface area (Å²) < 4.78 is 27.3. The summed E-state index contributed by atoms with van der Waals surface area (Å²) in [5.41, 5.74) is 0. The first-order valence-corrected chi connectivity index (χ1v) is 8.44. The molecule has 2 rings (SSSR count). The van der Waals surface area contributed by atoms with Gasteiger partial charge in [0.05, 0.1) is 5.75 Å². The fourth-order valence-corrected chi connectivity index (χ4v) is 2.88. The molecule has 0 saturated carbocycles. The van der Waals surface area contributed by atoms with Crippen LogP contribution in [-0.4, -0.2) is 42.0 Å². The van der Waals surface area contributed by atoms with Gasteiger partial charge in [0, 0.05) is 25.5 Å². The Kier molecular flexibility index (Phi) is 5.29. The van der Waals surface area contributed by atoms with E-state index in [-0.39, 0.29) is 5.75 Å². The van der Waals surface area contributed by atoms with Gasteiger partial charge < -0.3 is 9.88 Å². The summed E-state index contributed by atoms with van der Waals surface area (Å²) in [6.07, 6.45) is 4.38. The van der Waals surface area contributed by atoms with E-state index >= 15 is 0 Å². The van der Waals surface area contributed by atoms with E-state index in [2.05, 4.69) is 20.2 Å². The molecule has 7 nitrogen and oxygen atoms in total. The highest BCUT2D eigenvalue weighted by Gasteiger charge is 2.06. The van der Waals surface area contributed by atoms with Crippen molar-refractivity contribution in [3.05, 3.63) is 36.7 Å². The number of hydrogen-bond acceptors (Lipinski definition) is 5. The van der Waals surface area contributed by atoms with Crippen LogP contribution in [0.15, 0.2) is 36.7 Å². The molecule has 21 heavy (non-hydrogen) atoms. The van der Waals surface area contributed by atoms with E-state index < -0.39 is 10.0 Å². The maximum atomic E-state index is 11.4. The summed E-state index contributed by atoms with van der Waals surface area (Å²) >= 11 is 0. The van der Waals surface area contributed by atoms with Crippen LogP contribution in [0, 0.1) is 0 Å². The van der Waals surface area contributed by atoms with Crippen LogP contribution in [0.3, 0.4) is 0 Å². The summed E-state index contributed by atoms with van der Waals surface area (Å²) in [5.74, 6) is 1.49. The Morgan fingerprint density at radius 2 is 1.90 bits per heavy atom. The zero-order valence-electron chi connectivity index (χ0n) is 11.9. The lowest BCUT2D eigenvalue weighted by Gasteiger charge is -2.07. The molecule has 2 aromatic heterocycles. The molecule has 0 bridgehead atoms. The standard InChI is InChI=1S/C13H19N5O2S/c1-2-11-21(19,20)15-8-7-14-12-5-6-13(17-16-12)18-9-3-4-10-18/h3-6,9-10,15H,2,7-8,11H2,1H3,(H,14,16). The number of anilines is 1. The van der Waals surface area contributed by atoms with Crippen LogP contribution in [0.4, 0.5) is 5.82 Å². The smallest absolute Gasteiger partial charge is 0.211 e. The van der Waals surface area contributed by atoms with Gasteiger partial charge in [-0.3, -0.25) is 0 Å². The molecule has 0 unspecified atom stereocenters. The van der Waals surface area contributed by atoms with Gasteiger partial charge in [0.1, 0.15) is 5.82 Å². The number of sulfonamides is 1. The van der Waals surface area contributed by atoms with E-state index in [0.29, 0.717) is 25.3 Å². The van der Waals surface area contributed by atoms with Crippen LogP contribution in [0.25, 0.3) is 5.82 Å². The third-order valence-electron chi connectivity index (χ3n) is 2.75. The third kappa shape index (κ3) is 4.83. The topological polar surface area (TPSA) is 88.9 Å². The van der Waals surface area contributed by atoms with Crippen LogP contribution in [-0.2, 0) is 10.0 Å². The predicted molar refractivity (Wildman–Crippen MR) is 81.9 cm³/mol. The third-order valence-corrected chi connectivity index (χ3v) is 4.34. The van der Waals surface area contributed by atoms with Crippen molar-refractivity contribution in [3.63, 3.8) is 0 Å². The number of hydrogen-bond donors (Lipinski definition) is 2. The second-order valence-corrected chi connectivity index (χ2v) is 6.43. The van der Waals surface area contributed by atoms with E-state index in [0.717, 1.165) is 5.82 Å². The van der Waals surface area contributed by atoms with Crippen molar-refractivity contribution in [2.45, 2.75) is 13.3 Å². The van der Waals surface area contributed by atoms with Crippen molar-refractivity contribution in [2.75, 3.05) is 24.2 Å². The molecule has 0 atom stereocenters. The number of rotatable bonds is 8. The molecule has 0 aliphatic carbocycles. The number of nitrogens with one attached hydrogen (secondary N) is 2. The van der Waals surface area contributed by atoms with Crippen LogP contribution >= 0.6 is 0 Å². The highest BCUT2D eigenvalue weighted by Crippen LogP contribution is 2.06. The van der Waals surface area contributed by atoms with Crippen molar-refractivity contribution < 1.29 is 8.42 Å². The first kappa shape index (κ1) is 15.5. The quantitative estimate of drug-likeness (QED) is 0.710. The summed E-state index contributed by atoms with van der Waals surface area (Å²) in [6.45, 7) is 2.61. The largest absolute Gasteiger partial charge is 0.367 e. The fraction of sp³-hybridized carbons (Fsp3) is 0.385. The SMILES string of the molecule is CCCS(=O)(=O)NCCNc1ccc(-n2cccc2)nn1. The summed E-state index contributed by atoms with van der Waals surface area (Å²) in [6, 6.07) is 7.48. The first-order chi connectivity index (χ1) is 10.1. The number of nitrogens with zero attached hydrogens (tertiary/aromatic N) is 3. The van der Waals surface area contributed by atoms with Gasteiger partial charge in [-0.05, 0) is 30.7 Å². The van der Waals surface area contributed by atoms with Gasteiger partial charge in [-0.1, -0.05) is 6.92 Å². The Bertz CT molecular complexity index is 638. The lowest BCUT2D eigenvalue weighted by molar-refractivity contribution is 0.581. The Balaban J connectivity index is 1.79. The second kappa shape index (κ2) is 7.19. The Labute approximate surface area is 124 Å². The molecule has 0 amide bonds. The van der Waals surface area contributed by atoms with E-state index in [1.807, 2.05) is 48.1 Å². The molecule has 2 heterocycles. The molecule has 0 radical (unpaired) electrons. The second-order valence-electron chi connectivity index (χ2n) is 4.51. The molecule has 114 valence electrons. The first-order valence-electron chi connectivity index (χ1n) is 6.79. The zero-order valence-corrected chi connectivity index (χ0v) is 12.7. The van der Waals surface area contributed by atoms with Crippen LogP contribution < -0.4 is 10.0 Å². The maximum absolute atomic E-state index is 11.4. The fourth-order valence-electron chi connectivity index (χ4n) is 1.78. The van der Waals surface area contributed by atoms with Gasteiger partial charge in [-0.25, -0.2) is 13.1 Å². The van der Waals surface area contributed by atoms with Gasteiger partial charge in [0.15, 0.2) is 5.82 Å². The minimum Gasteiger partial charge on any atom is -0.367 e. The normalized spacial score (nSPS) is 11.5. The Hall–Kier alpha value is -1.93. The van der Waals surface area contributed by atoms with Gasteiger partial charge in [-0.2, -0.15) is 0 Å².